The molecule has 2 aromatic rings. The summed E-state index contributed by atoms with van der Waals surface area (Å²) in [6.07, 6.45) is 1.64. The minimum absolute atomic E-state index is 0.00233. The summed E-state index contributed by atoms with van der Waals surface area (Å²) in [5.41, 5.74) is -0.00233. The van der Waals surface area contributed by atoms with Crippen LogP contribution in [0.4, 0.5) is 4.39 Å². The van der Waals surface area contributed by atoms with Crippen LogP contribution >= 0.6 is 15.9 Å². The third kappa shape index (κ3) is 2.92. The normalized spacial score (nSPS) is 10.3. The van der Waals surface area contributed by atoms with Gasteiger partial charge in [0.25, 0.3) is 5.91 Å². The highest BCUT2D eigenvalue weighted by atomic mass is 79.9. The third-order valence-electron chi connectivity index (χ3n) is 2.24. The lowest BCUT2D eigenvalue weighted by molar-refractivity contribution is 0.0949. The molecule has 1 N–H and O–H groups in total. The Balaban J connectivity index is 1.93. The van der Waals surface area contributed by atoms with E-state index in [9.17, 15) is 9.18 Å². The van der Waals surface area contributed by atoms with Crippen LogP contribution in [-0.4, -0.2) is 22.6 Å². The maximum atomic E-state index is 13.6. The van der Waals surface area contributed by atoms with E-state index >= 15 is 0 Å². The van der Waals surface area contributed by atoms with E-state index < -0.39 is 11.7 Å². The lowest BCUT2D eigenvalue weighted by Gasteiger charge is -2.05. The second-order valence-electron chi connectivity index (χ2n) is 3.45. The van der Waals surface area contributed by atoms with E-state index in [0.29, 0.717) is 18.8 Å². The van der Waals surface area contributed by atoms with Gasteiger partial charge in [-0.2, -0.15) is 4.98 Å². The van der Waals surface area contributed by atoms with Crippen molar-refractivity contribution in [1.82, 2.24) is 15.5 Å². The molecule has 0 aliphatic heterocycles. The molecule has 0 aliphatic carbocycles. The number of aromatic nitrogens is 2. The number of carbonyl (C=O) groups excluding carboxylic acids is 1. The number of hydrogen-bond acceptors (Lipinski definition) is 4. The molecule has 0 radical (unpaired) electrons. The molecular formula is C11H9BrFN3O2. The number of carbonyl (C=O) groups is 1. The zero-order chi connectivity index (χ0) is 13.0. The summed E-state index contributed by atoms with van der Waals surface area (Å²) >= 11 is 3.03. The molecule has 2 rings (SSSR count). The van der Waals surface area contributed by atoms with Crippen LogP contribution < -0.4 is 5.32 Å². The van der Waals surface area contributed by atoms with Crippen LogP contribution in [0.25, 0.3) is 0 Å². The van der Waals surface area contributed by atoms with Crippen LogP contribution in [0.5, 0.6) is 0 Å². The molecule has 18 heavy (non-hydrogen) atoms. The van der Waals surface area contributed by atoms with Gasteiger partial charge in [-0.05, 0) is 28.1 Å². The van der Waals surface area contributed by atoms with Gasteiger partial charge < -0.3 is 9.84 Å². The van der Waals surface area contributed by atoms with E-state index in [4.69, 9.17) is 0 Å². The van der Waals surface area contributed by atoms with Gasteiger partial charge in [0.15, 0.2) is 5.82 Å². The molecule has 0 saturated heterocycles. The van der Waals surface area contributed by atoms with E-state index in [0.717, 1.165) is 0 Å². The van der Waals surface area contributed by atoms with Gasteiger partial charge in [-0.15, -0.1) is 0 Å². The van der Waals surface area contributed by atoms with Gasteiger partial charge >= 0.3 is 0 Å². The summed E-state index contributed by atoms with van der Waals surface area (Å²) in [6.45, 7) is 0.310. The molecule has 5 nitrogen and oxygen atoms in total. The number of benzene rings is 1. The Bertz CT molecular complexity index is 545. The van der Waals surface area contributed by atoms with Crippen LogP contribution in [-0.2, 0) is 6.42 Å². The molecule has 0 aliphatic rings. The van der Waals surface area contributed by atoms with Gasteiger partial charge in [-0.3, -0.25) is 4.79 Å². The van der Waals surface area contributed by atoms with Gasteiger partial charge in [0.05, 0.1) is 10.0 Å². The van der Waals surface area contributed by atoms with E-state index in [2.05, 4.69) is 35.9 Å². The second kappa shape index (κ2) is 5.72. The van der Waals surface area contributed by atoms with Gasteiger partial charge in [0.2, 0.25) is 6.39 Å². The number of amides is 1. The smallest absolute Gasteiger partial charge is 0.254 e. The van der Waals surface area contributed by atoms with Crippen LogP contribution in [0, 0.1) is 5.82 Å². The largest absolute Gasteiger partial charge is 0.351 e. The zero-order valence-electron chi connectivity index (χ0n) is 9.19. The Hall–Kier alpha value is -1.76. The SMILES string of the molecule is O=C(NCCc1ncon1)c1cccc(Br)c1F. The molecule has 0 unspecified atom stereocenters. The fraction of sp³-hybridized carbons (Fsp3) is 0.182. The van der Waals surface area contributed by atoms with Crippen molar-refractivity contribution in [2.24, 2.45) is 0 Å². The van der Waals surface area contributed by atoms with Gasteiger partial charge in [0.1, 0.15) is 5.82 Å². The molecule has 0 fully saturated rings. The van der Waals surface area contributed by atoms with Crippen molar-refractivity contribution in [2.45, 2.75) is 6.42 Å². The maximum absolute atomic E-state index is 13.6. The van der Waals surface area contributed by atoms with E-state index in [1.807, 2.05) is 0 Å². The molecule has 0 spiro atoms. The summed E-state index contributed by atoms with van der Waals surface area (Å²) < 4.78 is 18.4. The Morgan fingerprint density at radius 3 is 3.06 bits per heavy atom. The average Bonchev–Trinajstić information content (AvgIpc) is 2.85. The molecule has 1 amide bonds. The molecule has 0 saturated carbocycles. The first-order valence-electron chi connectivity index (χ1n) is 5.16. The quantitative estimate of drug-likeness (QED) is 0.936. The lowest BCUT2D eigenvalue weighted by atomic mass is 10.2. The van der Waals surface area contributed by atoms with Crippen molar-refractivity contribution in [3.05, 3.63) is 46.3 Å². The molecule has 1 aromatic heterocycles. The van der Waals surface area contributed by atoms with Crippen LogP contribution in [0.2, 0.25) is 0 Å². The van der Waals surface area contributed by atoms with Crippen molar-refractivity contribution in [3.8, 4) is 0 Å². The van der Waals surface area contributed by atoms with Gasteiger partial charge in [-0.25, -0.2) is 4.39 Å². The third-order valence-corrected chi connectivity index (χ3v) is 2.85. The summed E-state index contributed by atoms with van der Waals surface area (Å²) in [6, 6.07) is 4.55. The number of rotatable bonds is 4. The van der Waals surface area contributed by atoms with Gasteiger partial charge in [-0.1, -0.05) is 11.2 Å². The summed E-state index contributed by atoms with van der Waals surface area (Å²) in [4.78, 5) is 15.5. The Morgan fingerprint density at radius 2 is 2.33 bits per heavy atom. The van der Waals surface area contributed by atoms with Crippen LogP contribution in [0.15, 0.2) is 33.6 Å². The highest BCUT2D eigenvalue weighted by Crippen LogP contribution is 2.18. The monoisotopic (exact) mass is 313 g/mol. The topological polar surface area (TPSA) is 68.0 Å². The molecule has 0 atom stereocenters. The number of nitrogens with zero attached hydrogens (tertiary/aromatic N) is 2. The first kappa shape index (κ1) is 12.7. The molecule has 1 aromatic carbocycles. The van der Waals surface area contributed by atoms with E-state index in [1.54, 1.807) is 6.07 Å². The standard InChI is InChI=1S/C11H9BrFN3O2/c12-8-3-1-2-7(10(8)13)11(17)14-5-4-9-15-6-18-16-9/h1-3,6H,4-5H2,(H,14,17). The summed E-state index contributed by atoms with van der Waals surface area (Å²) in [7, 11) is 0. The molecule has 1 heterocycles. The summed E-state index contributed by atoms with van der Waals surface area (Å²) in [5, 5.41) is 6.18. The summed E-state index contributed by atoms with van der Waals surface area (Å²) in [5.74, 6) is -0.558. The minimum atomic E-state index is -0.574. The maximum Gasteiger partial charge on any atom is 0.254 e. The Kier molecular flexibility index (Phi) is 4.03. The predicted octanol–water partition coefficient (Wildman–Crippen LogP) is 1.94. The first-order chi connectivity index (χ1) is 8.68. The van der Waals surface area contributed by atoms with E-state index in [-0.39, 0.29) is 10.0 Å². The molecule has 7 heteroatoms. The van der Waals surface area contributed by atoms with Crippen molar-refractivity contribution < 1.29 is 13.7 Å². The minimum Gasteiger partial charge on any atom is -0.351 e. The van der Waals surface area contributed by atoms with Crippen molar-refractivity contribution in [3.63, 3.8) is 0 Å². The van der Waals surface area contributed by atoms with Crippen molar-refractivity contribution in [2.75, 3.05) is 6.54 Å². The highest BCUT2D eigenvalue weighted by Gasteiger charge is 2.13. The fourth-order valence-electron chi connectivity index (χ4n) is 1.36. The average molecular weight is 314 g/mol. The predicted molar refractivity (Wildman–Crippen MR) is 64.4 cm³/mol. The molecule has 94 valence electrons. The van der Waals surface area contributed by atoms with Crippen LogP contribution in [0.1, 0.15) is 16.2 Å². The first-order valence-corrected chi connectivity index (χ1v) is 5.95. The molecule has 0 bridgehead atoms. The van der Waals surface area contributed by atoms with Crippen molar-refractivity contribution in [1.29, 1.82) is 0 Å². The molecular weight excluding hydrogens is 305 g/mol. The Labute approximate surface area is 111 Å². The Morgan fingerprint density at radius 1 is 1.50 bits per heavy atom. The number of nitrogens with one attached hydrogen (secondary N) is 1. The van der Waals surface area contributed by atoms with Crippen molar-refractivity contribution >= 4 is 21.8 Å². The lowest BCUT2D eigenvalue weighted by Crippen LogP contribution is -2.26. The highest BCUT2D eigenvalue weighted by molar-refractivity contribution is 9.10. The number of halogens is 2. The fourth-order valence-corrected chi connectivity index (χ4v) is 1.73. The number of hydrogen-bond donors (Lipinski definition) is 1. The van der Waals surface area contributed by atoms with E-state index in [1.165, 1.54) is 18.5 Å². The zero-order valence-corrected chi connectivity index (χ0v) is 10.8. The second-order valence-corrected chi connectivity index (χ2v) is 4.31. The van der Waals surface area contributed by atoms with Crippen LogP contribution in [0.3, 0.4) is 0 Å². The van der Waals surface area contributed by atoms with Gasteiger partial charge in [0, 0.05) is 13.0 Å².